The average molecular weight is 417 g/mol. The molecule has 1 aromatic heterocycles. The van der Waals surface area contributed by atoms with Gasteiger partial charge in [0.05, 0.1) is 17.6 Å². The summed E-state index contributed by atoms with van der Waals surface area (Å²) in [5.41, 5.74) is 2.53. The lowest BCUT2D eigenvalue weighted by molar-refractivity contribution is 0.0805. The van der Waals surface area contributed by atoms with E-state index in [1.54, 1.807) is 24.3 Å². The zero-order valence-corrected chi connectivity index (χ0v) is 17.1. The summed E-state index contributed by atoms with van der Waals surface area (Å²) in [6.45, 7) is 2.80. The van der Waals surface area contributed by atoms with E-state index in [0.29, 0.717) is 17.9 Å². The van der Waals surface area contributed by atoms with Crippen molar-refractivity contribution in [3.8, 4) is 5.75 Å². The number of para-hydroxylation sites is 2. The van der Waals surface area contributed by atoms with Crippen molar-refractivity contribution >= 4 is 29.2 Å². The second-order valence-electron chi connectivity index (χ2n) is 7.12. The van der Waals surface area contributed by atoms with Crippen LogP contribution in [0.3, 0.4) is 0 Å². The van der Waals surface area contributed by atoms with Crippen molar-refractivity contribution in [1.82, 2.24) is 9.55 Å². The van der Waals surface area contributed by atoms with Crippen molar-refractivity contribution in [2.75, 3.05) is 13.2 Å². The number of hydrogen-bond donors (Lipinski definition) is 1. The van der Waals surface area contributed by atoms with Gasteiger partial charge < -0.3 is 19.1 Å². The number of aliphatic hydroxyl groups excluding tert-OH is 1. The highest BCUT2D eigenvalue weighted by Crippen LogP contribution is 2.30. The third-order valence-electron chi connectivity index (χ3n) is 5.00. The first-order valence-electron chi connectivity index (χ1n) is 9.60. The van der Waals surface area contributed by atoms with Gasteiger partial charge in [0.15, 0.2) is 5.78 Å². The van der Waals surface area contributed by atoms with Gasteiger partial charge in [-0.3, -0.25) is 4.79 Å². The number of nitrogens with zero attached hydrogens (tertiary/aromatic N) is 2. The Morgan fingerprint density at radius 1 is 1.28 bits per heavy atom. The van der Waals surface area contributed by atoms with Crippen LogP contribution in [0.5, 0.6) is 5.75 Å². The summed E-state index contributed by atoms with van der Waals surface area (Å²) in [6, 6.07) is 14.9. The number of Topliss-reactive ketones (excluding diaryl/α,β-unsaturated/α-hetero) is 1. The van der Waals surface area contributed by atoms with E-state index < -0.39 is 6.10 Å². The minimum atomic E-state index is -0.703. The molecule has 154 valence electrons. The molecule has 0 amide bonds. The van der Waals surface area contributed by atoms with Crippen LogP contribution < -0.4 is 4.74 Å². The van der Waals surface area contributed by atoms with Gasteiger partial charge in [0.25, 0.3) is 0 Å². The Morgan fingerprint density at radius 2 is 2.03 bits per heavy atom. The summed E-state index contributed by atoms with van der Waals surface area (Å²) in [5, 5.41) is 10.6. The maximum Gasteiger partial charge on any atom is 0.159 e. The molecular weight excluding hydrogens is 392 g/mol. The SMILES string of the molecule is CC(=O)c1ccc(OCC(O)Cn2c(C3CCCO3)nc3ccccc32)cc1.Cl. The van der Waals surface area contributed by atoms with Crippen LogP contribution in [0.25, 0.3) is 11.0 Å². The molecule has 3 aromatic rings. The van der Waals surface area contributed by atoms with Crippen molar-refractivity contribution in [3.63, 3.8) is 0 Å². The summed E-state index contributed by atoms with van der Waals surface area (Å²) in [5.74, 6) is 1.50. The third-order valence-corrected chi connectivity index (χ3v) is 5.00. The van der Waals surface area contributed by atoms with Gasteiger partial charge in [0.2, 0.25) is 0 Å². The molecule has 2 heterocycles. The van der Waals surface area contributed by atoms with E-state index in [1.165, 1.54) is 6.92 Å². The fourth-order valence-electron chi connectivity index (χ4n) is 3.55. The van der Waals surface area contributed by atoms with Crippen molar-refractivity contribution in [3.05, 3.63) is 59.9 Å². The number of imidazole rings is 1. The van der Waals surface area contributed by atoms with E-state index in [-0.39, 0.29) is 30.9 Å². The van der Waals surface area contributed by atoms with Gasteiger partial charge in [0.1, 0.15) is 30.4 Å². The second-order valence-corrected chi connectivity index (χ2v) is 7.12. The lowest BCUT2D eigenvalue weighted by Gasteiger charge is -2.17. The number of fused-ring (bicyclic) bond motifs is 1. The first-order valence-corrected chi connectivity index (χ1v) is 9.60. The Bertz CT molecular complexity index is 965. The smallest absolute Gasteiger partial charge is 0.159 e. The molecule has 6 nitrogen and oxygen atoms in total. The average Bonchev–Trinajstić information content (AvgIpc) is 3.35. The fraction of sp³-hybridized carbons (Fsp3) is 0.364. The Hall–Kier alpha value is -2.41. The number of aliphatic hydroxyl groups is 1. The molecule has 2 atom stereocenters. The normalized spacial score (nSPS) is 17.1. The Balaban J connectivity index is 0.00000240. The van der Waals surface area contributed by atoms with Crippen LogP contribution in [0.15, 0.2) is 48.5 Å². The van der Waals surface area contributed by atoms with E-state index in [9.17, 15) is 9.90 Å². The number of ketones is 1. The molecular formula is C22H25ClN2O4. The molecule has 0 bridgehead atoms. The fourth-order valence-corrected chi connectivity index (χ4v) is 3.55. The topological polar surface area (TPSA) is 73.6 Å². The summed E-state index contributed by atoms with van der Waals surface area (Å²) < 4.78 is 13.6. The number of carbonyl (C=O) groups excluding carboxylic acids is 1. The van der Waals surface area contributed by atoms with Crippen molar-refractivity contribution in [2.24, 2.45) is 0 Å². The van der Waals surface area contributed by atoms with Gasteiger partial charge in [-0.05, 0) is 56.2 Å². The molecule has 1 aliphatic rings. The lowest BCUT2D eigenvalue weighted by Crippen LogP contribution is -2.25. The van der Waals surface area contributed by atoms with Gasteiger partial charge in [-0.1, -0.05) is 12.1 Å². The summed E-state index contributed by atoms with van der Waals surface area (Å²) in [7, 11) is 0. The van der Waals surface area contributed by atoms with Crippen molar-refractivity contribution in [1.29, 1.82) is 0 Å². The predicted molar refractivity (Wildman–Crippen MR) is 113 cm³/mol. The van der Waals surface area contributed by atoms with Crippen LogP contribution in [-0.2, 0) is 11.3 Å². The van der Waals surface area contributed by atoms with Gasteiger partial charge >= 0.3 is 0 Å². The predicted octanol–water partition coefficient (Wildman–Crippen LogP) is 3.95. The third kappa shape index (κ3) is 4.78. The quantitative estimate of drug-likeness (QED) is 0.590. The number of benzene rings is 2. The van der Waals surface area contributed by atoms with E-state index in [1.807, 2.05) is 28.8 Å². The minimum absolute atomic E-state index is 0. The molecule has 1 fully saturated rings. The minimum Gasteiger partial charge on any atom is -0.491 e. The van der Waals surface area contributed by atoms with E-state index >= 15 is 0 Å². The largest absolute Gasteiger partial charge is 0.491 e. The van der Waals surface area contributed by atoms with Crippen LogP contribution in [0.4, 0.5) is 0 Å². The highest BCUT2D eigenvalue weighted by atomic mass is 35.5. The van der Waals surface area contributed by atoms with Gasteiger partial charge in [-0.15, -0.1) is 12.4 Å². The van der Waals surface area contributed by atoms with Crippen molar-refractivity contribution in [2.45, 2.75) is 38.5 Å². The highest BCUT2D eigenvalue weighted by Gasteiger charge is 2.25. The van der Waals surface area contributed by atoms with Gasteiger partial charge in [-0.2, -0.15) is 0 Å². The standard InChI is InChI=1S/C22H24N2O4.ClH/c1-15(25)16-8-10-18(11-9-16)28-14-17(26)13-24-20-6-3-2-5-19(20)23-22(24)21-7-4-12-27-21;/h2-3,5-6,8-11,17,21,26H,4,7,12-14H2,1H3;1H. The summed E-state index contributed by atoms with van der Waals surface area (Å²) in [4.78, 5) is 16.1. The molecule has 1 saturated heterocycles. The van der Waals surface area contributed by atoms with E-state index in [0.717, 1.165) is 36.3 Å². The van der Waals surface area contributed by atoms with Gasteiger partial charge in [0, 0.05) is 12.2 Å². The lowest BCUT2D eigenvalue weighted by atomic mass is 10.1. The molecule has 2 unspecified atom stereocenters. The summed E-state index contributed by atoms with van der Waals surface area (Å²) in [6.07, 6.45) is 1.23. The van der Waals surface area contributed by atoms with Crippen molar-refractivity contribution < 1.29 is 19.4 Å². The molecule has 4 rings (SSSR count). The molecule has 1 N–H and O–H groups in total. The molecule has 0 radical (unpaired) electrons. The molecule has 0 saturated carbocycles. The van der Waals surface area contributed by atoms with E-state index in [4.69, 9.17) is 14.5 Å². The van der Waals surface area contributed by atoms with Crippen LogP contribution in [0, 0.1) is 0 Å². The maximum atomic E-state index is 11.3. The molecule has 7 heteroatoms. The highest BCUT2D eigenvalue weighted by molar-refractivity contribution is 5.94. The monoisotopic (exact) mass is 416 g/mol. The van der Waals surface area contributed by atoms with Crippen LogP contribution >= 0.6 is 12.4 Å². The number of hydrogen-bond acceptors (Lipinski definition) is 5. The first kappa shape index (κ1) is 21.3. The molecule has 0 aliphatic carbocycles. The molecule has 2 aromatic carbocycles. The van der Waals surface area contributed by atoms with E-state index in [2.05, 4.69) is 0 Å². The maximum absolute atomic E-state index is 11.3. The summed E-state index contributed by atoms with van der Waals surface area (Å²) >= 11 is 0. The van der Waals surface area contributed by atoms with Crippen LogP contribution in [0.2, 0.25) is 0 Å². The van der Waals surface area contributed by atoms with Crippen LogP contribution in [0.1, 0.15) is 42.1 Å². The Kier molecular flexibility index (Phi) is 6.90. The number of halogens is 1. The number of carbonyl (C=O) groups is 1. The molecule has 29 heavy (non-hydrogen) atoms. The van der Waals surface area contributed by atoms with Gasteiger partial charge in [-0.25, -0.2) is 4.98 Å². The zero-order chi connectivity index (χ0) is 19.5. The molecule has 1 aliphatic heterocycles. The zero-order valence-electron chi connectivity index (χ0n) is 16.3. The number of rotatable bonds is 7. The number of aromatic nitrogens is 2. The Morgan fingerprint density at radius 3 is 2.72 bits per heavy atom. The first-order chi connectivity index (χ1) is 13.6. The number of ether oxygens (including phenoxy) is 2. The Labute approximate surface area is 175 Å². The van der Waals surface area contributed by atoms with Crippen LogP contribution in [-0.4, -0.2) is 39.8 Å². The molecule has 0 spiro atoms. The second kappa shape index (κ2) is 9.39.